The lowest BCUT2D eigenvalue weighted by Crippen LogP contribution is -2.44. The van der Waals surface area contributed by atoms with Crippen LogP contribution >= 0.6 is 19.6 Å². The molecule has 0 amide bonds. The first-order valence-electron chi connectivity index (χ1n) is 10.8. The number of rotatable bonds is 6. The molecule has 2 saturated heterocycles. The molecule has 11 nitrogen and oxygen atoms in total. The molecule has 0 aliphatic carbocycles. The van der Waals surface area contributed by atoms with Gasteiger partial charge in [0, 0.05) is 18.2 Å². The van der Waals surface area contributed by atoms with Gasteiger partial charge in [0.1, 0.15) is 18.0 Å². The summed E-state index contributed by atoms with van der Waals surface area (Å²) < 4.78 is 52.7. The summed E-state index contributed by atoms with van der Waals surface area (Å²) in [5.74, 6) is 1.26. The number of nitrogens with one attached hydrogen (secondary N) is 1. The Morgan fingerprint density at radius 2 is 2.18 bits per heavy atom. The molecule has 4 heterocycles. The molecular formula is C20H29FN5O6PS. The maximum Gasteiger partial charge on any atom is 0.475 e. The standard InChI is InChI=1S/C20H29FN5O6PS/c1-11-24-15(22-6)13-16(25-11)26(10-23-13)17-20(5,21)14-12(31-17)9-30-33(28,32-14)29-7-8-34-18(27)19(2,3)4/h10,12,14,17H,7-9H2,1-6H3,(H,22,24,25)/t12-,14-,17-,20-,33?/m1/s1. The second kappa shape index (κ2) is 9.11. The monoisotopic (exact) mass is 517 g/mol. The van der Waals surface area contributed by atoms with E-state index in [1.807, 2.05) is 20.8 Å². The number of carbonyl (C=O) groups is 1. The first-order chi connectivity index (χ1) is 15.9. The number of nitrogens with zero attached hydrogens (tertiary/aromatic N) is 4. The van der Waals surface area contributed by atoms with Crippen molar-refractivity contribution < 1.29 is 32.1 Å². The van der Waals surface area contributed by atoms with E-state index in [1.54, 1.807) is 14.0 Å². The Labute approximate surface area is 201 Å². The Bertz CT molecular complexity index is 1140. The van der Waals surface area contributed by atoms with E-state index in [2.05, 4.69) is 20.3 Å². The van der Waals surface area contributed by atoms with Gasteiger partial charge in [-0.15, -0.1) is 0 Å². The van der Waals surface area contributed by atoms with E-state index in [-0.39, 0.29) is 24.1 Å². The highest BCUT2D eigenvalue weighted by atomic mass is 32.2. The SMILES string of the molecule is CNc1nc(C)nc2c1ncn2[C@@H]1O[C@@H]2COP(=O)(OCCSC(=O)C(C)(C)C)O[C@H]2[C@@]1(C)F. The maximum atomic E-state index is 16.1. The van der Waals surface area contributed by atoms with Crippen molar-refractivity contribution in [2.45, 2.75) is 58.7 Å². The molecule has 14 heteroatoms. The fourth-order valence-corrected chi connectivity index (χ4v) is 6.15. The van der Waals surface area contributed by atoms with Gasteiger partial charge in [-0.25, -0.2) is 23.9 Å². The number of phosphoric ester groups is 1. The number of anilines is 1. The van der Waals surface area contributed by atoms with E-state index in [1.165, 1.54) is 17.8 Å². The fourth-order valence-electron chi connectivity index (χ4n) is 3.78. The van der Waals surface area contributed by atoms with Crippen molar-refractivity contribution in [1.29, 1.82) is 0 Å². The van der Waals surface area contributed by atoms with Crippen molar-refractivity contribution >= 4 is 41.7 Å². The quantitative estimate of drug-likeness (QED) is 0.446. The van der Waals surface area contributed by atoms with Gasteiger partial charge >= 0.3 is 7.82 Å². The second-order valence-corrected chi connectivity index (χ2v) is 12.0. The van der Waals surface area contributed by atoms with Crippen LogP contribution in [0.2, 0.25) is 0 Å². The van der Waals surface area contributed by atoms with Crippen LogP contribution in [-0.4, -0.2) is 68.5 Å². The van der Waals surface area contributed by atoms with Gasteiger partial charge in [0.15, 0.2) is 34.0 Å². The van der Waals surface area contributed by atoms with Crippen LogP contribution in [0.15, 0.2) is 6.33 Å². The highest BCUT2D eigenvalue weighted by Gasteiger charge is 2.61. The Morgan fingerprint density at radius 1 is 1.44 bits per heavy atom. The van der Waals surface area contributed by atoms with Gasteiger partial charge in [-0.1, -0.05) is 32.5 Å². The number of alkyl halides is 1. The number of imidazole rings is 1. The molecule has 2 aromatic heterocycles. The van der Waals surface area contributed by atoms with Crippen LogP contribution in [0.25, 0.3) is 11.2 Å². The lowest BCUT2D eigenvalue weighted by atomic mass is 9.98. The summed E-state index contributed by atoms with van der Waals surface area (Å²) in [6.07, 6.45) is -1.74. The van der Waals surface area contributed by atoms with Crippen molar-refractivity contribution in [3.8, 4) is 0 Å². The Balaban J connectivity index is 1.48. The van der Waals surface area contributed by atoms with Crippen LogP contribution in [0.3, 0.4) is 0 Å². The minimum absolute atomic E-state index is 0.0173. The molecule has 1 unspecified atom stereocenters. The van der Waals surface area contributed by atoms with Crippen LogP contribution in [-0.2, 0) is 27.7 Å². The van der Waals surface area contributed by atoms with Crippen molar-refractivity contribution in [2.75, 3.05) is 31.3 Å². The molecule has 0 bridgehead atoms. The molecule has 2 aromatic rings. The molecule has 4 rings (SSSR count). The third-order valence-electron chi connectivity index (χ3n) is 5.52. The molecule has 0 saturated carbocycles. The number of phosphoric acid groups is 1. The Hall–Kier alpha value is -1.63. The van der Waals surface area contributed by atoms with Gasteiger partial charge in [0.2, 0.25) is 0 Å². The number of aromatic nitrogens is 4. The van der Waals surface area contributed by atoms with E-state index in [4.69, 9.17) is 18.3 Å². The summed E-state index contributed by atoms with van der Waals surface area (Å²) in [6.45, 7) is 8.25. The summed E-state index contributed by atoms with van der Waals surface area (Å²) in [4.78, 5) is 25.0. The minimum atomic E-state index is -4.04. The van der Waals surface area contributed by atoms with E-state index < -0.39 is 37.3 Å². The number of carbonyl (C=O) groups excluding carboxylic acids is 1. The van der Waals surface area contributed by atoms with Crippen molar-refractivity contribution in [3.63, 3.8) is 0 Å². The Morgan fingerprint density at radius 3 is 2.85 bits per heavy atom. The largest absolute Gasteiger partial charge is 0.475 e. The molecule has 188 valence electrons. The normalized spacial score (nSPS) is 31.6. The fraction of sp³-hybridized carbons (Fsp3) is 0.700. The lowest BCUT2D eigenvalue weighted by Gasteiger charge is -2.33. The number of hydrogen-bond acceptors (Lipinski definition) is 11. The maximum absolute atomic E-state index is 16.1. The molecule has 2 aliphatic rings. The van der Waals surface area contributed by atoms with Crippen LogP contribution in [0.1, 0.15) is 39.7 Å². The lowest BCUT2D eigenvalue weighted by molar-refractivity contribution is -0.117. The molecule has 5 atom stereocenters. The van der Waals surface area contributed by atoms with Crippen LogP contribution in [0, 0.1) is 12.3 Å². The van der Waals surface area contributed by atoms with E-state index in [9.17, 15) is 9.36 Å². The van der Waals surface area contributed by atoms with Gasteiger partial charge < -0.3 is 10.1 Å². The van der Waals surface area contributed by atoms with Crippen LogP contribution < -0.4 is 5.32 Å². The zero-order valence-corrected chi connectivity index (χ0v) is 21.6. The predicted molar refractivity (Wildman–Crippen MR) is 124 cm³/mol. The summed E-state index contributed by atoms with van der Waals surface area (Å²) in [7, 11) is -2.33. The van der Waals surface area contributed by atoms with Crippen molar-refractivity contribution in [2.24, 2.45) is 5.41 Å². The average Bonchev–Trinajstić information content (AvgIpc) is 3.27. The second-order valence-electron chi connectivity index (χ2n) is 9.36. The minimum Gasteiger partial charge on any atom is -0.371 e. The first kappa shape index (κ1) is 25.5. The van der Waals surface area contributed by atoms with Crippen LogP contribution in [0.5, 0.6) is 0 Å². The number of hydrogen-bond donors (Lipinski definition) is 1. The third-order valence-corrected chi connectivity index (χ3v) is 8.22. The number of aryl methyl sites for hydroxylation is 1. The van der Waals surface area contributed by atoms with E-state index in [0.29, 0.717) is 22.8 Å². The third kappa shape index (κ3) is 4.74. The topological polar surface area (TPSA) is 127 Å². The van der Waals surface area contributed by atoms with Crippen molar-refractivity contribution in [1.82, 2.24) is 19.5 Å². The van der Waals surface area contributed by atoms with E-state index >= 15 is 4.39 Å². The first-order valence-corrected chi connectivity index (χ1v) is 13.3. The molecule has 0 radical (unpaired) electrons. The van der Waals surface area contributed by atoms with Gasteiger partial charge in [0.25, 0.3) is 0 Å². The summed E-state index contributed by atoms with van der Waals surface area (Å²) in [5, 5.41) is 2.94. The predicted octanol–water partition coefficient (Wildman–Crippen LogP) is 3.65. The number of thioether (sulfide) groups is 1. The molecule has 1 N–H and O–H groups in total. The number of fused-ring (bicyclic) bond motifs is 2. The number of halogens is 1. The average molecular weight is 518 g/mol. The Kier molecular flexibility index (Phi) is 6.82. The van der Waals surface area contributed by atoms with Gasteiger partial charge in [-0.05, 0) is 13.8 Å². The van der Waals surface area contributed by atoms with Gasteiger partial charge in [-0.3, -0.25) is 22.9 Å². The molecular weight excluding hydrogens is 488 g/mol. The number of ether oxygens (including phenoxy) is 1. The zero-order valence-electron chi connectivity index (χ0n) is 19.9. The molecule has 2 aliphatic heterocycles. The summed E-state index contributed by atoms with van der Waals surface area (Å²) >= 11 is 1.07. The molecule has 34 heavy (non-hydrogen) atoms. The van der Waals surface area contributed by atoms with E-state index in [0.717, 1.165) is 11.8 Å². The molecule has 0 spiro atoms. The highest BCUT2D eigenvalue weighted by molar-refractivity contribution is 8.13. The van der Waals surface area contributed by atoms with Gasteiger partial charge in [-0.2, -0.15) is 0 Å². The molecule has 2 fully saturated rings. The smallest absolute Gasteiger partial charge is 0.371 e. The zero-order chi connectivity index (χ0) is 24.9. The van der Waals surface area contributed by atoms with Crippen molar-refractivity contribution in [3.05, 3.63) is 12.2 Å². The van der Waals surface area contributed by atoms with Gasteiger partial charge in [0.05, 0.1) is 19.5 Å². The summed E-state index contributed by atoms with van der Waals surface area (Å²) in [5.41, 5.74) is -1.74. The summed E-state index contributed by atoms with van der Waals surface area (Å²) in [6, 6.07) is 0. The highest BCUT2D eigenvalue weighted by Crippen LogP contribution is 2.59. The van der Waals surface area contributed by atoms with Crippen LogP contribution in [0.4, 0.5) is 10.2 Å². The molecule has 0 aromatic carbocycles.